The average molecular weight is 425 g/mol. The highest BCUT2D eigenvalue weighted by Crippen LogP contribution is 2.24. The number of ether oxygens (including phenoxy) is 1. The summed E-state index contributed by atoms with van der Waals surface area (Å²) in [4.78, 5) is 21.6. The van der Waals surface area contributed by atoms with Gasteiger partial charge in [0, 0.05) is 28.6 Å². The third-order valence-corrected chi connectivity index (χ3v) is 4.73. The second-order valence-corrected chi connectivity index (χ2v) is 7.17. The first-order valence-corrected chi connectivity index (χ1v) is 10.4. The zero-order valence-corrected chi connectivity index (χ0v) is 18.0. The lowest BCUT2D eigenvalue weighted by molar-refractivity contribution is 0.102. The number of aryl methyl sites for hydroxylation is 1. The fraction of sp³-hybridized carbons (Fsp3) is 0.115. The van der Waals surface area contributed by atoms with Gasteiger partial charge in [-0.25, -0.2) is 9.97 Å². The number of benzene rings is 3. The molecule has 1 heterocycles. The summed E-state index contributed by atoms with van der Waals surface area (Å²) in [6.07, 6.45) is 0. The summed E-state index contributed by atoms with van der Waals surface area (Å²) < 4.78 is 5.43. The molecule has 0 unspecified atom stereocenters. The topological polar surface area (TPSA) is 76.1 Å². The van der Waals surface area contributed by atoms with Crippen LogP contribution in [-0.2, 0) is 0 Å². The van der Waals surface area contributed by atoms with Gasteiger partial charge >= 0.3 is 0 Å². The molecule has 0 saturated heterocycles. The third-order valence-electron chi connectivity index (χ3n) is 4.73. The van der Waals surface area contributed by atoms with E-state index < -0.39 is 0 Å². The van der Waals surface area contributed by atoms with E-state index in [0.29, 0.717) is 29.5 Å². The molecule has 6 nitrogen and oxygen atoms in total. The van der Waals surface area contributed by atoms with Crippen molar-refractivity contribution in [3.63, 3.8) is 0 Å². The fourth-order valence-electron chi connectivity index (χ4n) is 3.28. The minimum Gasteiger partial charge on any atom is -0.494 e. The first-order valence-electron chi connectivity index (χ1n) is 10.4. The van der Waals surface area contributed by atoms with Gasteiger partial charge in [-0.15, -0.1) is 0 Å². The minimum atomic E-state index is -0.186. The van der Waals surface area contributed by atoms with Gasteiger partial charge in [-0.05, 0) is 56.3 Å². The number of carbonyl (C=O) groups excluding carboxylic acids is 1. The summed E-state index contributed by atoms with van der Waals surface area (Å²) >= 11 is 0. The number of aromatic nitrogens is 2. The van der Waals surface area contributed by atoms with Gasteiger partial charge in [-0.3, -0.25) is 4.79 Å². The predicted octanol–water partition coefficient (Wildman–Crippen LogP) is 5.85. The molecule has 0 fully saturated rings. The smallest absolute Gasteiger partial charge is 0.255 e. The highest BCUT2D eigenvalue weighted by molar-refractivity contribution is 6.04. The molecule has 0 aliphatic heterocycles. The molecule has 3 aromatic carbocycles. The second kappa shape index (κ2) is 9.75. The molecule has 4 aromatic rings. The Bertz CT molecular complexity index is 1210. The van der Waals surface area contributed by atoms with Crippen LogP contribution in [0.2, 0.25) is 0 Å². The summed E-state index contributed by atoms with van der Waals surface area (Å²) in [6.45, 7) is 4.38. The first-order chi connectivity index (χ1) is 15.6. The van der Waals surface area contributed by atoms with E-state index in [1.54, 1.807) is 24.3 Å². The molecule has 0 spiro atoms. The SMILES string of the molecule is CCOc1ccc(C(=O)Nc2cccc(Nc3cc(-c4ccccc4)nc(C)n3)c2)cc1. The Morgan fingerprint density at radius 2 is 1.62 bits per heavy atom. The van der Waals surface area contributed by atoms with Crippen LogP contribution in [0.25, 0.3) is 11.3 Å². The lowest BCUT2D eigenvalue weighted by atomic mass is 10.1. The van der Waals surface area contributed by atoms with E-state index >= 15 is 0 Å². The van der Waals surface area contributed by atoms with E-state index in [1.807, 2.05) is 74.5 Å². The van der Waals surface area contributed by atoms with Crippen LogP contribution in [0.4, 0.5) is 17.2 Å². The quantitative estimate of drug-likeness (QED) is 0.389. The number of nitrogens with zero attached hydrogens (tertiary/aromatic N) is 2. The van der Waals surface area contributed by atoms with Crippen molar-refractivity contribution in [1.82, 2.24) is 9.97 Å². The molecule has 0 aliphatic carbocycles. The van der Waals surface area contributed by atoms with Crippen molar-refractivity contribution < 1.29 is 9.53 Å². The van der Waals surface area contributed by atoms with Crippen molar-refractivity contribution in [1.29, 1.82) is 0 Å². The molecule has 1 aromatic heterocycles. The van der Waals surface area contributed by atoms with Crippen LogP contribution in [-0.4, -0.2) is 22.5 Å². The molecule has 0 atom stereocenters. The fourth-order valence-corrected chi connectivity index (χ4v) is 3.28. The predicted molar refractivity (Wildman–Crippen MR) is 127 cm³/mol. The van der Waals surface area contributed by atoms with Crippen molar-refractivity contribution in [2.75, 3.05) is 17.2 Å². The van der Waals surface area contributed by atoms with Crippen molar-refractivity contribution in [3.8, 4) is 17.0 Å². The number of amides is 1. The summed E-state index contributed by atoms with van der Waals surface area (Å²) in [5.41, 5.74) is 3.93. The number of anilines is 3. The van der Waals surface area contributed by atoms with E-state index in [0.717, 1.165) is 22.7 Å². The third kappa shape index (κ3) is 5.29. The Hall–Kier alpha value is -4.19. The number of hydrogen-bond donors (Lipinski definition) is 2. The van der Waals surface area contributed by atoms with Crippen LogP contribution in [0.1, 0.15) is 23.1 Å². The summed E-state index contributed by atoms with van der Waals surface area (Å²) in [6, 6.07) is 26.5. The van der Waals surface area contributed by atoms with E-state index in [4.69, 9.17) is 4.74 Å². The maximum atomic E-state index is 12.6. The molecule has 0 saturated carbocycles. The van der Waals surface area contributed by atoms with Crippen LogP contribution in [0.15, 0.2) is 84.9 Å². The van der Waals surface area contributed by atoms with E-state index in [9.17, 15) is 4.79 Å². The van der Waals surface area contributed by atoms with Crippen molar-refractivity contribution in [2.24, 2.45) is 0 Å². The second-order valence-electron chi connectivity index (χ2n) is 7.17. The van der Waals surface area contributed by atoms with Gasteiger partial charge in [0.25, 0.3) is 5.91 Å². The molecule has 0 radical (unpaired) electrons. The van der Waals surface area contributed by atoms with Crippen LogP contribution in [0.5, 0.6) is 5.75 Å². The molecule has 6 heteroatoms. The number of carbonyl (C=O) groups is 1. The molecular formula is C26H24N4O2. The molecule has 1 amide bonds. The zero-order chi connectivity index (χ0) is 22.3. The van der Waals surface area contributed by atoms with Gasteiger partial charge in [0.15, 0.2) is 0 Å². The Balaban J connectivity index is 1.49. The van der Waals surface area contributed by atoms with Gasteiger partial charge in [-0.2, -0.15) is 0 Å². The normalized spacial score (nSPS) is 10.4. The summed E-state index contributed by atoms with van der Waals surface area (Å²) in [5, 5.41) is 6.24. The van der Waals surface area contributed by atoms with Gasteiger partial charge in [-0.1, -0.05) is 36.4 Å². The number of nitrogens with one attached hydrogen (secondary N) is 2. The van der Waals surface area contributed by atoms with Crippen LogP contribution < -0.4 is 15.4 Å². The molecule has 0 bridgehead atoms. The molecular weight excluding hydrogens is 400 g/mol. The van der Waals surface area contributed by atoms with Crippen LogP contribution in [0, 0.1) is 6.92 Å². The van der Waals surface area contributed by atoms with Gasteiger partial charge in [0.1, 0.15) is 17.4 Å². The Morgan fingerprint density at radius 3 is 2.38 bits per heavy atom. The summed E-state index contributed by atoms with van der Waals surface area (Å²) in [5.74, 6) is 1.92. The Labute approximate surface area is 187 Å². The number of rotatable bonds is 7. The van der Waals surface area contributed by atoms with Crippen LogP contribution in [0.3, 0.4) is 0 Å². The Kier molecular flexibility index (Phi) is 6.41. The standard InChI is InChI=1S/C26H24N4O2/c1-3-32-23-14-12-20(13-15-23)26(31)30-22-11-7-10-21(16-22)29-25-17-24(27-18(2)28-25)19-8-5-4-6-9-19/h4-17H,3H2,1-2H3,(H,30,31)(H,27,28,29). The van der Waals surface area contributed by atoms with Crippen molar-refractivity contribution >= 4 is 23.1 Å². The van der Waals surface area contributed by atoms with E-state index in [-0.39, 0.29) is 5.91 Å². The number of hydrogen-bond acceptors (Lipinski definition) is 5. The van der Waals surface area contributed by atoms with Gasteiger partial charge in [0.05, 0.1) is 12.3 Å². The molecule has 32 heavy (non-hydrogen) atoms. The van der Waals surface area contributed by atoms with Crippen molar-refractivity contribution in [3.05, 3.63) is 96.3 Å². The molecule has 2 N–H and O–H groups in total. The lowest BCUT2D eigenvalue weighted by Gasteiger charge is -2.11. The van der Waals surface area contributed by atoms with E-state index in [2.05, 4.69) is 20.6 Å². The molecule has 0 aliphatic rings. The molecule has 160 valence electrons. The minimum absolute atomic E-state index is 0.186. The Morgan fingerprint density at radius 1 is 0.875 bits per heavy atom. The highest BCUT2D eigenvalue weighted by Gasteiger charge is 2.08. The molecule has 4 rings (SSSR count). The maximum Gasteiger partial charge on any atom is 0.255 e. The van der Waals surface area contributed by atoms with Crippen molar-refractivity contribution in [2.45, 2.75) is 13.8 Å². The monoisotopic (exact) mass is 424 g/mol. The largest absolute Gasteiger partial charge is 0.494 e. The highest BCUT2D eigenvalue weighted by atomic mass is 16.5. The first kappa shape index (κ1) is 21.1. The lowest BCUT2D eigenvalue weighted by Crippen LogP contribution is -2.12. The van der Waals surface area contributed by atoms with Crippen LogP contribution >= 0.6 is 0 Å². The zero-order valence-electron chi connectivity index (χ0n) is 18.0. The maximum absolute atomic E-state index is 12.6. The van der Waals surface area contributed by atoms with E-state index in [1.165, 1.54) is 0 Å². The average Bonchev–Trinajstić information content (AvgIpc) is 2.80. The summed E-state index contributed by atoms with van der Waals surface area (Å²) in [7, 11) is 0. The van der Waals surface area contributed by atoms with Gasteiger partial charge in [0.2, 0.25) is 0 Å². The van der Waals surface area contributed by atoms with Gasteiger partial charge < -0.3 is 15.4 Å².